The van der Waals surface area contributed by atoms with Gasteiger partial charge in [0.05, 0.1) is 6.20 Å². The number of imidazole rings is 1. The molecule has 118 valence electrons. The number of nitrogens with zero attached hydrogens (tertiary/aromatic N) is 2. The summed E-state index contributed by atoms with van der Waals surface area (Å²) in [6, 6.07) is 0. The highest BCUT2D eigenvalue weighted by atomic mass is 19.1. The summed E-state index contributed by atoms with van der Waals surface area (Å²) in [7, 11) is 0. The highest BCUT2D eigenvalue weighted by molar-refractivity contribution is 5.75. The second-order valence-electron chi connectivity index (χ2n) is 6.22. The molecule has 0 bridgehead atoms. The summed E-state index contributed by atoms with van der Waals surface area (Å²) in [6.45, 7) is 2.62. The number of piperidine rings is 1. The molecule has 22 heavy (non-hydrogen) atoms. The summed E-state index contributed by atoms with van der Waals surface area (Å²) < 4.78 is 20.2. The van der Waals surface area contributed by atoms with Crippen molar-refractivity contribution in [3.8, 4) is 0 Å². The van der Waals surface area contributed by atoms with Crippen LogP contribution in [0.3, 0.4) is 0 Å². The molecule has 5 nitrogen and oxygen atoms in total. The van der Waals surface area contributed by atoms with Gasteiger partial charge in [0, 0.05) is 12.2 Å². The van der Waals surface area contributed by atoms with E-state index in [1.165, 1.54) is 6.20 Å². The molecule has 2 aliphatic rings. The van der Waals surface area contributed by atoms with E-state index in [1.54, 1.807) is 0 Å². The smallest absolute Gasteiger partial charge is 0.157 e. The van der Waals surface area contributed by atoms with E-state index in [0.29, 0.717) is 11.2 Å². The minimum Gasteiger partial charge on any atom is -0.370 e. The van der Waals surface area contributed by atoms with Crippen LogP contribution in [0, 0.1) is 5.82 Å². The van der Waals surface area contributed by atoms with Gasteiger partial charge in [0.25, 0.3) is 0 Å². The lowest BCUT2D eigenvalue weighted by Crippen LogP contribution is -2.27. The summed E-state index contributed by atoms with van der Waals surface area (Å²) in [5.41, 5.74) is 2.10. The van der Waals surface area contributed by atoms with E-state index >= 15 is 0 Å². The SMILES string of the molecule is Fc1cnc2[nH]c([C@H]3CCCCO3)nc2c1C1CCNCC1. The summed E-state index contributed by atoms with van der Waals surface area (Å²) in [4.78, 5) is 12.1. The number of aromatic nitrogens is 3. The fourth-order valence-corrected chi connectivity index (χ4v) is 3.57. The quantitative estimate of drug-likeness (QED) is 0.895. The maximum atomic E-state index is 14.4. The Morgan fingerprint density at radius 3 is 2.82 bits per heavy atom. The summed E-state index contributed by atoms with van der Waals surface area (Å²) >= 11 is 0. The van der Waals surface area contributed by atoms with Crippen molar-refractivity contribution in [2.24, 2.45) is 0 Å². The normalized spacial score (nSPS) is 24.0. The maximum absolute atomic E-state index is 14.4. The number of rotatable bonds is 2. The fraction of sp³-hybridized carbons (Fsp3) is 0.625. The molecule has 0 amide bonds. The highest BCUT2D eigenvalue weighted by Gasteiger charge is 2.26. The number of halogens is 1. The molecule has 0 saturated carbocycles. The number of H-pyrrole nitrogens is 1. The number of hydrogen-bond donors (Lipinski definition) is 2. The molecule has 4 heterocycles. The van der Waals surface area contributed by atoms with E-state index in [9.17, 15) is 4.39 Å². The van der Waals surface area contributed by atoms with E-state index in [0.717, 1.165) is 63.2 Å². The van der Waals surface area contributed by atoms with Crippen LogP contribution in [0.15, 0.2) is 6.20 Å². The Hall–Kier alpha value is -1.53. The van der Waals surface area contributed by atoms with Crippen LogP contribution in [-0.4, -0.2) is 34.6 Å². The predicted molar refractivity (Wildman–Crippen MR) is 81.2 cm³/mol. The molecule has 4 rings (SSSR count). The van der Waals surface area contributed by atoms with E-state index < -0.39 is 0 Å². The van der Waals surface area contributed by atoms with Crippen molar-refractivity contribution < 1.29 is 9.13 Å². The lowest BCUT2D eigenvalue weighted by molar-refractivity contribution is 0.0101. The Labute approximate surface area is 128 Å². The van der Waals surface area contributed by atoms with E-state index in [4.69, 9.17) is 4.74 Å². The average molecular weight is 304 g/mol. The van der Waals surface area contributed by atoms with Crippen LogP contribution in [-0.2, 0) is 4.74 Å². The first-order chi connectivity index (χ1) is 10.8. The summed E-state index contributed by atoms with van der Waals surface area (Å²) in [5.74, 6) is 0.778. The van der Waals surface area contributed by atoms with Crippen molar-refractivity contribution in [1.29, 1.82) is 0 Å². The molecule has 6 heteroatoms. The van der Waals surface area contributed by atoms with Crippen molar-refractivity contribution in [2.45, 2.75) is 44.1 Å². The molecule has 2 aliphatic heterocycles. The Bertz CT molecular complexity index is 659. The van der Waals surface area contributed by atoms with Crippen molar-refractivity contribution in [3.63, 3.8) is 0 Å². The molecule has 0 radical (unpaired) electrons. The second-order valence-corrected chi connectivity index (χ2v) is 6.22. The minimum atomic E-state index is -0.234. The highest BCUT2D eigenvalue weighted by Crippen LogP contribution is 2.34. The van der Waals surface area contributed by atoms with E-state index in [1.807, 2.05) is 0 Å². The van der Waals surface area contributed by atoms with Crippen LogP contribution in [0.5, 0.6) is 0 Å². The van der Waals surface area contributed by atoms with Crippen molar-refractivity contribution in [1.82, 2.24) is 20.3 Å². The van der Waals surface area contributed by atoms with Gasteiger partial charge in [0.1, 0.15) is 23.3 Å². The van der Waals surface area contributed by atoms with Gasteiger partial charge in [-0.3, -0.25) is 0 Å². The zero-order valence-corrected chi connectivity index (χ0v) is 12.6. The third kappa shape index (κ3) is 2.50. The zero-order valence-electron chi connectivity index (χ0n) is 12.6. The Kier molecular flexibility index (Phi) is 3.80. The van der Waals surface area contributed by atoms with Gasteiger partial charge in [0.2, 0.25) is 0 Å². The monoisotopic (exact) mass is 304 g/mol. The number of ether oxygens (including phenoxy) is 1. The molecule has 0 aromatic carbocycles. The third-order valence-corrected chi connectivity index (χ3v) is 4.75. The number of hydrogen-bond acceptors (Lipinski definition) is 4. The van der Waals surface area contributed by atoms with Crippen molar-refractivity contribution in [2.75, 3.05) is 19.7 Å². The molecule has 2 fully saturated rings. The molecule has 2 aromatic rings. The topological polar surface area (TPSA) is 62.8 Å². The third-order valence-electron chi connectivity index (χ3n) is 4.75. The number of aromatic amines is 1. The van der Waals surface area contributed by atoms with Gasteiger partial charge in [0.15, 0.2) is 5.65 Å². The first kappa shape index (κ1) is 14.1. The van der Waals surface area contributed by atoms with Gasteiger partial charge in [-0.2, -0.15) is 0 Å². The van der Waals surface area contributed by atoms with Crippen LogP contribution in [0.4, 0.5) is 4.39 Å². The second kappa shape index (κ2) is 5.93. The summed E-state index contributed by atoms with van der Waals surface area (Å²) in [5, 5.41) is 3.32. The summed E-state index contributed by atoms with van der Waals surface area (Å²) in [6.07, 6.45) is 6.41. The van der Waals surface area contributed by atoms with Gasteiger partial charge in [-0.25, -0.2) is 14.4 Å². The molecule has 2 saturated heterocycles. The van der Waals surface area contributed by atoms with Crippen LogP contribution in [0.1, 0.15) is 55.5 Å². The van der Waals surface area contributed by atoms with Crippen LogP contribution in [0.2, 0.25) is 0 Å². The van der Waals surface area contributed by atoms with Crippen molar-refractivity contribution in [3.05, 3.63) is 23.4 Å². The number of pyridine rings is 1. The van der Waals surface area contributed by atoms with Crippen molar-refractivity contribution >= 4 is 11.2 Å². The standard InChI is InChI=1S/C16H21FN4O/c17-11-9-19-16-14(13(11)10-4-6-18-7-5-10)20-15(21-16)12-3-1-2-8-22-12/h9-10,12,18H,1-8H2,(H,19,20,21)/t12-/m1/s1. The Balaban J connectivity index is 1.74. The Morgan fingerprint density at radius 1 is 1.18 bits per heavy atom. The molecule has 0 aliphatic carbocycles. The minimum absolute atomic E-state index is 0.00752. The average Bonchev–Trinajstić information content (AvgIpc) is 3.00. The number of fused-ring (bicyclic) bond motifs is 1. The van der Waals surface area contributed by atoms with Crippen LogP contribution >= 0.6 is 0 Å². The lowest BCUT2D eigenvalue weighted by Gasteiger charge is -2.23. The van der Waals surface area contributed by atoms with Crippen LogP contribution in [0.25, 0.3) is 11.2 Å². The number of nitrogens with one attached hydrogen (secondary N) is 2. The molecular formula is C16H21FN4O. The predicted octanol–water partition coefficient (Wildman–Crippen LogP) is 2.81. The van der Waals surface area contributed by atoms with Crippen LogP contribution < -0.4 is 5.32 Å². The zero-order chi connectivity index (χ0) is 14.9. The van der Waals surface area contributed by atoms with Gasteiger partial charge in [-0.05, 0) is 51.1 Å². The van der Waals surface area contributed by atoms with Gasteiger partial charge in [-0.15, -0.1) is 0 Å². The lowest BCUT2D eigenvalue weighted by atomic mass is 9.90. The molecule has 2 N–H and O–H groups in total. The molecule has 2 aromatic heterocycles. The molecule has 0 unspecified atom stereocenters. The molecule has 0 spiro atoms. The van der Waals surface area contributed by atoms with Gasteiger partial charge < -0.3 is 15.0 Å². The van der Waals surface area contributed by atoms with E-state index in [2.05, 4.69) is 20.3 Å². The maximum Gasteiger partial charge on any atom is 0.157 e. The van der Waals surface area contributed by atoms with Gasteiger partial charge in [-0.1, -0.05) is 0 Å². The Morgan fingerprint density at radius 2 is 2.05 bits per heavy atom. The molecular weight excluding hydrogens is 283 g/mol. The first-order valence-electron chi connectivity index (χ1n) is 8.19. The van der Waals surface area contributed by atoms with Gasteiger partial charge >= 0.3 is 0 Å². The first-order valence-corrected chi connectivity index (χ1v) is 8.19. The molecule has 1 atom stereocenters. The fourth-order valence-electron chi connectivity index (χ4n) is 3.57. The largest absolute Gasteiger partial charge is 0.370 e. The van der Waals surface area contributed by atoms with E-state index in [-0.39, 0.29) is 17.8 Å².